The van der Waals surface area contributed by atoms with E-state index in [4.69, 9.17) is 17.3 Å². The lowest BCUT2D eigenvalue weighted by atomic mass is 10.1. The third-order valence-electron chi connectivity index (χ3n) is 2.76. The molecule has 0 bridgehead atoms. The summed E-state index contributed by atoms with van der Waals surface area (Å²) in [6, 6.07) is 0. The number of nitrogens with zero attached hydrogens (tertiary/aromatic N) is 2. The molecular formula is C12H21N5O. The highest BCUT2D eigenvalue weighted by Crippen LogP contribution is 2.16. The number of hydrogen-bond acceptors (Lipinski definition) is 5. The fourth-order valence-electron chi connectivity index (χ4n) is 1.68. The number of hydrazine groups is 1. The Morgan fingerprint density at radius 2 is 2.33 bits per heavy atom. The molecule has 0 unspecified atom stereocenters. The van der Waals surface area contributed by atoms with Gasteiger partial charge in [0.2, 0.25) is 5.91 Å². The lowest BCUT2D eigenvalue weighted by Crippen LogP contribution is -2.31. The van der Waals surface area contributed by atoms with Gasteiger partial charge in [-0.1, -0.05) is 12.7 Å². The van der Waals surface area contributed by atoms with Crippen LogP contribution in [-0.4, -0.2) is 42.0 Å². The Morgan fingerprint density at radius 3 is 2.83 bits per heavy atom. The van der Waals surface area contributed by atoms with Crippen molar-refractivity contribution in [2.24, 2.45) is 17.3 Å². The molecule has 0 fully saturated rings. The molecule has 1 aliphatic heterocycles. The summed E-state index contributed by atoms with van der Waals surface area (Å²) in [4.78, 5) is 13.0. The average Bonchev–Trinajstić information content (AvgIpc) is 2.77. The fraction of sp³-hybridized carbons (Fsp3) is 0.417. The predicted molar refractivity (Wildman–Crippen MR) is 71.7 cm³/mol. The summed E-state index contributed by atoms with van der Waals surface area (Å²) in [7, 11) is 0. The van der Waals surface area contributed by atoms with Gasteiger partial charge in [0, 0.05) is 38.5 Å². The second-order valence-electron chi connectivity index (χ2n) is 4.31. The minimum absolute atomic E-state index is 0.0610. The maximum absolute atomic E-state index is 11.2. The van der Waals surface area contributed by atoms with E-state index in [9.17, 15) is 4.79 Å². The van der Waals surface area contributed by atoms with Gasteiger partial charge in [0.05, 0.1) is 6.54 Å². The van der Waals surface area contributed by atoms with Crippen molar-refractivity contribution in [2.75, 3.05) is 26.2 Å². The molecule has 6 N–H and O–H groups in total. The molecule has 6 heteroatoms. The van der Waals surface area contributed by atoms with E-state index in [0.29, 0.717) is 25.3 Å². The van der Waals surface area contributed by atoms with E-state index in [1.54, 1.807) is 18.0 Å². The SMILES string of the molecule is C=C(CN(N)/C=C(\N)CN)C1=CCN(C(C)=O)C1. The Balaban J connectivity index is 2.50. The van der Waals surface area contributed by atoms with Gasteiger partial charge in [-0.15, -0.1) is 0 Å². The molecule has 0 saturated carbocycles. The second kappa shape index (κ2) is 6.23. The molecule has 0 aromatic rings. The highest BCUT2D eigenvalue weighted by molar-refractivity contribution is 5.74. The molecule has 0 aromatic heterocycles. The maximum atomic E-state index is 11.2. The van der Waals surface area contributed by atoms with Crippen LogP contribution in [0.1, 0.15) is 6.92 Å². The zero-order chi connectivity index (χ0) is 13.7. The normalized spacial score (nSPS) is 15.6. The van der Waals surface area contributed by atoms with Crippen molar-refractivity contribution < 1.29 is 4.79 Å². The number of nitrogens with two attached hydrogens (primary N) is 3. The molecule has 1 heterocycles. The first-order chi connectivity index (χ1) is 8.43. The Kier molecular flexibility index (Phi) is 4.94. The van der Waals surface area contributed by atoms with Gasteiger partial charge in [0.1, 0.15) is 0 Å². The summed E-state index contributed by atoms with van der Waals surface area (Å²) < 4.78 is 0. The molecule has 0 spiro atoms. The van der Waals surface area contributed by atoms with Crippen LogP contribution in [0, 0.1) is 0 Å². The molecule has 1 amide bonds. The van der Waals surface area contributed by atoms with Crippen molar-refractivity contribution in [1.29, 1.82) is 0 Å². The van der Waals surface area contributed by atoms with Gasteiger partial charge in [-0.2, -0.15) is 0 Å². The monoisotopic (exact) mass is 251 g/mol. The van der Waals surface area contributed by atoms with E-state index >= 15 is 0 Å². The lowest BCUT2D eigenvalue weighted by molar-refractivity contribution is -0.127. The van der Waals surface area contributed by atoms with Gasteiger partial charge in [-0.25, -0.2) is 5.84 Å². The smallest absolute Gasteiger partial charge is 0.220 e. The average molecular weight is 251 g/mol. The van der Waals surface area contributed by atoms with Crippen molar-refractivity contribution in [3.8, 4) is 0 Å². The molecule has 0 aromatic carbocycles. The molecule has 0 aliphatic carbocycles. The topological polar surface area (TPSA) is 102 Å². The molecule has 0 saturated heterocycles. The number of carbonyl (C=O) groups excluding carboxylic acids is 1. The molecule has 100 valence electrons. The third-order valence-corrected chi connectivity index (χ3v) is 2.76. The minimum atomic E-state index is 0.0610. The molecule has 6 nitrogen and oxygen atoms in total. The van der Waals surface area contributed by atoms with Gasteiger partial charge in [0.15, 0.2) is 0 Å². The quantitative estimate of drug-likeness (QED) is 0.441. The summed E-state index contributed by atoms with van der Waals surface area (Å²) in [6.45, 7) is 7.48. The van der Waals surface area contributed by atoms with Crippen LogP contribution < -0.4 is 17.3 Å². The number of carbonyl (C=O) groups is 1. The minimum Gasteiger partial charge on any atom is -0.400 e. The van der Waals surface area contributed by atoms with Crippen molar-refractivity contribution in [2.45, 2.75) is 6.92 Å². The van der Waals surface area contributed by atoms with Gasteiger partial charge < -0.3 is 21.4 Å². The standard InChI is InChI=1S/C12H21N5O/c1-9(6-17(15)8-12(14)5-13)11-3-4-16(7-11)10(2)18/h3,8H,1,4-7,13-15H2,2H3/b12-8-. The molecule has 0 atom stereocenters. The summed E-state index contributed by atoms with van der Waals surface area (Å²) in [6.07, 6.45) is 3.58. The molecule has 0 radical (unpaired) electrons. The Labute approximate surface area is 107 Å². The van der Waals surface area contributed by atoms with Crippen LogP contribution in [0.15, 0.2) is 35.7 Å². The molecule has 1 aliphatic rings. The van der Waals surface area contributed by atoms with Crippen LogP contribution >= 0.6 is 0 Å². The van der Waals surface area contributed by atoms with E-state index in [-0.39, 0.29) is 12.5 Å². The van der Waals surface area contributed by atoms with Crippen molar-refractivity contribution >= 4 is 5.91 Å². The summed E-state index contributed by atoms with van der Waals surface area (Å²) in [5.74, 6) is 5.83. The van der Waals surface area contributed by atoms with Crippen LogP contribution in [0.2, 0.25) is 0 Å². The van der Waals surface area contributed by atoms with Crippen LogP contribution in [0.4, 0.5) is 0 Å². The number of rotatable bonds is 5. The second-order valence-corrected chi connectivity index (χ2v) is 4.31. The van der Waals surface area contributed by atoms with E-state index in [1.807, 2.05) is 6.08 Å². The number of hydrogen-bond donors (Lipinski definition) is 3. The molecule has 1 rings (SSSR count). The Morgan fingerprint density at radius 1 is 1.67 bits per heavy atom. The zero-order valence-corrected chi connectivity index (χ0v) is 10.7. The first-order valence-electron chi connectivity index (χ1n) is 5.74. The maximum Gasteiger partial charge on any atom is 0.220 e. The van der Waals surface area contributed by atoms with Crippen molar-refractivity contribution in [3.05, 3.63) is 35.7 Å². The third kappa shape index (κ3) is 3.90. The van der Waals surface area contributed by atoms with Crippen LogP contribution in [0.5, 0.6) is 0 Å². The summed E-state index contributed by atoms with van der Waals surface area (Å²) in [5.41, 5.74) is 13.4. The summed E-state index contributed by atoms with van der Waals surface area (Å²) >= 11 is 0. The first-order valence-corrected chi connectivity index (χ1v) is 5.74. The Hall–Kier alpha value is -1.79. The van der Waals surface area contributed by atoms with Crippen LogP contribution in [0.25, 0.3) is 0 Å². The Bertz CT molecular complexity index is 399. The highest BCUT2D eigenvalue weighted by atomic mass is 16.2. The molecular weight excluding hydrogens is 230 g/mol. The van der Waals surface area contributed by atoms with Gasteiger partial charge in [-0.05, 0) is 11.1 Å². The van der Waals surface area contributed by atoms with Crippen LogP contribution in [0.3, 0.4) is 0 Å². The first kappa shape index (κ1) is 14.3. The van der Waals surface area contributed by atoms with Crippen molar-refractivity contribution in [3.63, 3.8) is 0 Å². The van der Waals surface area contributed by atoms with E-state index in [1.165, 1.54) is 5.01 Å². The van der Waals surface area contributed by atoms with Gasteiger partial charge in [-0.3, -0.25) is 4.79 Å². The molecule has 18 heavy (non-hydrogen) atoms. The van der Waals surface area contributed by atoms with E-state index in [2.05, 4.69) is 6.58 Å². The van der Waals surface area contributed by atoms with Crippen molar-refractivity contribution in [1.82, 2.24) is 9.91 Å². The predicted octanol–water partition coefficient (Wildman–Crippen LogP) is -0.734. The number of amides is 1. The zero-order valence-electron chi connectivity index (χ0n) is 10.7. The van der Waals surface area contributed by atoms with Crippen LogP contribution in [-0.2, 0) is 4.79 Å². The fourth-order valence-corrected chi connectivity index (χ4v) is 1.68. The van der Waals surface area contributed by atoms with Gasteiger partial charge in [0.25, 0.3) is 0 Å². The van der Waals surface area contributed by atoms with E-state index in [0.717, 1.165) is 11.1 Å². The summed E-state index contributed by atoms with van der Waals surface area (Å²) in [5, 5.41) is 1.45. The lowest BCUT2D eigenvalue weighted by Gasteiger charge is -2.18. The van der Waals surface area contributed by atoms with E-state index < -0.39 is 0 Å². The largest absolute Gasteiger partial charge is 0.400 e. The van der Waals surface area contributed by atoms with Gasteiger partial charge >= 0.3 is 0 Å². The highest BCUT2D eigenvalue weighted by Gasteiger charge is 2.18.